The van der Waals surface area contributed by atoms with E-state index in [-0.39, 0.29) is 23.3 Å². The van der Waals surface area contributed by atoms with Gasteiger partial charge in [-0.2, -0.15) is 0 Å². The summed E-state index contributed by atoms with van der Waals surface area (Å²) in [7, 11) is 0. The van der Waals surface area contributed by atoms with Crippen LogP contribution in [0.15, 0.2) is 146 Å². The van der Waals surface area contributed by atoms with Gasteiger partial charge in [-0.25, -0.2) is 0 Å². The van der Waals surface area contributed by atoms with Gasteiger partial charge in [-0.05, 0) is 191 Å². The fourth-order valence-corrected chi connectivity index (χ4v) is 10.9. The number of hydrogen-bond donors (Lipinski definition) is 2. The first-order chi connectivity index (χ1) is 35.0. The van der Waals surface area contributed by atoms with Gasteiger partial charge in [0, 0.05) is 69.6 Å². The minimum Gasteiger partial charge on any atom is -0.507 e. The zero-order valence-corrected chi connectivity index (χ0v) is 43.4. The average Bonchev–Trinajstić information content (AvgIpc) is 3.41. The highest BCUT2D eigenvalue weighted by Gasteiger charge is 2.22. The van der Waals surface area contributed by atoms with Gasteiger partial charge in [0.2, 0.25) is 0 Å². The van der Waals surface area contributed by atoms with E-state index in [4.69, 9.17) is 19.9 Å². The highest BCUT2D eigenvalue weighted by atomic mass is 16.3. The largest absolute Gasteiger partial charge is 0.507 e. The molecule has 18 rings (SSSR count). The molecule has 6 heteroatoms. The average molecular weight is 949 g/mol. The molecule has 0 amide bonds. The number of phenols is 2. The van der Waals surface area contributed by atoms with Gasteiger partial charge >= 0.3 is 0 Å². The minimum atomic E-state index is 0.153. The van der Waals surface area contributed by atoms with Crippen LogP contribution in [0.5, 0.6) is 11.5 Å². The highest BCUT2D eigenvalue weighted by molar-refractivity contribution is 6.00. The molecule has 9 aliphatic rings. The van der Waals surface area contributed by atoms with Crippen LogP contribution in [-0.2, 0) is 38.5 Å². The first-order valence-corrected chi connectivity index (χ1v) is 26.2. The number of aromatic hydroxyl groups is 2. The van der Waals surface area contributed by atoms with Gasteiger partial charge in [0.05, 0.1) is 11.0 Å². The van der Waals surface area contributed by atoms with Crippen molar-refractivity contribution in [2.24, 2.45) is 0 Å². The lowest BCUT2D eigenvalue weighted by Gasteiger charge is -2.22. The molecule has 364 valence electrons. The van der Waals surface area contributed by atoms with Crippen LogP contribution in [0.2, 0.25) is 0 Å². The van der Waals surface area contributed by atoms with Crippen LogP contribution in [0.4, 0.5) is 0 Å². The van der Waals surface area contributed by atoms with Crippen LogP contribution in [0.1, 0.15) is 122 Å². The molecule has 7 aliphatic heterocycles. The second-order valence-electron chi connectivity index (χ2n) is 19.6. The minimum absolute atomic E-state index is 0.153. The topological polar surface area (TPSA) is 92.0 Å². The van der Waals surface area contributed by atoms with Gasteiger partial charge in [-0.15, -0.1) is 0 Å². The molecule has 2 N–H and O–H groups in total. The lowest BCUT2D eigenvalue weighted by Crippen LogP contribution is -2.11. The molecule has 2 atom stereocenters. The molecule has 10 heterocycles. The van der Waals surface area contributed by atoms with E-state index in [1.807, 2.05) is 61.9 Å². The van der Waals surface area contributed by atoms with Crippen molar-refractivity contribution < 1.29 is 10.2 Å². The number of nitrogens with zero attached hydrogens (tertiary/aromatic N) is 4. The van der Waals surface area contributed by atoms with Crippen molar-refractivity contribution in [3.05, 3.63) is 202 Å². The molecule has 3 aromatic heterocycles. The zero-order chi connectivity index (χ0) is 50.5. The molecule has 12 bridgehead atoms. The first kappa shape index (κ1) is 49.5. The van der Waals surface area contributed by atoms with Crippen molar-refractivity contribution in [2.75, 3.05) is 0 Å². The fourth-order valence-electron chi connectivity index (χ4n) is 10.9. The normalized spacial score (nSPS) is 14.2. The summed E-state index contributed by atoms with van der Waals surface area (Å²) < 4.78 is 0. The van der Waals surface area contributed by atoms with Crippen molar-refractivity contribution in [2.45, 2.75) is 119 Å². The Hall–Kier alpha value is -7.44. The lowest BCUT2D eigenvalue weighted by atomic mass is 9.84. The molecule has 2 unspecified atom stereocenters. The van der Waals surface area contributed by atoms with Gasteiger partial charge in [0.1, 0.15) is 11.5 Å². The van der Waals surface area contributed by atoms with E-state index in [0.717, 1.165) is 101 Å². The molecule has 6 nitrogen and oxygen atoms in total. The Morgan fingerprint density at radius 3 is 1.21 bits per heavy atom. The van der Waals surface area contributed by atoms with Gasteiger partial charge in [0.25, 0.3) is 0 Å². The third kappa shape index (κ3) is 10.2. The highest BCUT2D eigenvalue weighted by Crippen LogP contribution is 2.37. The van der Waals surface area contributed by atoms with Crippen molar-refractivity contribution in [1.29, 1.82) is 0 Å². The van der Waals surface area contributed by atoms with E-state index in [0.29, 0.717) is 21.5 Å². The molecule has 2 aliphatic carbocycles. The smallest absolute Gasteiger partial charge is 0.133 e. The van der Waals surface area contributed by atoms with Gasteiger partial charge in [-0.3, -0.25) is 19.9 Å². The molecular formula is C66H68N4O2. The Kier molecular flexibility index (Phi) is 15.1. The number of benzene rings is 6. The maximum absolute atomic E-state index is 11.9. The Morgan fingerprint density at radius 2 is 0.792 bits per heavy atom. The molecule has 0 radical (unpaired) electrons. The van der Waals surface area contributed by atoms with Crippen molar-refractivity contribution >= 4 is 64.9 Å². The van der Waals surface area contributed by atoms with Gasteiger partial charge in [-0.1, -0.05) is 114 Å². The summed E-state index contributed by atoms with van der Waals surface area (Å²) in [5.74, 6) is 0.770. The second-order valence-corrected chi connectivity index (χ2v) is 19.6. The molecule has 0 fully saturated rings. The molecular weight excluding hydrogens is 881 g/mol. The third-order valence-corrected chi connectivity index (χ3v) is 14.9. The molecule has 72 heavy (non-hydrogen) atoms. The van der Waals surface area contributed by atoms with Crippen molar-refractivity contribution in [3.8, 4) is 11.5 Å². The standard InChI is InChI=1S/C66H68N4O2/c1-9-43-31-50-32-44(10-2)62(43)69-39-55-29-42(8)30-56(66(55)72)40-70-64-47(13-5)35-52(36-48(64)14-6)61-22-18-17-21-60(61)51-33-45(11-3)63(46(12-4)34-51)68-38-54-28-41(7)27-53(65(54)71)37-67-57-25-23-49(24-26-57)58-19-15-16-20-59(50)58/h15-31,33-35,37-40,44,48,71-72H,9-14,32,36H2,1-8H3. The third-order valence-electron chi connectivity index (χ3n) is 14.9. The van der Waals surface area contributed by atoms with Crippen LogP contribution >= 0.6 is 0 Å². The predicted octanol–water partition coefficient (Wildman–Crippen LogP) is 16.7. The maximum Gasteiger partial charge on any atom is 0.133 e. The SMILES string of the molecule is CCc1cc2c3ccccc3c3ccc(cc3)ncc3cc(C)cc(cnc4c(CC)cc(cc4CC)c4ccccc4c4cc(CC)c(ncc5cc(C)cc(cnc1C(CC)C2)c5O)C(CC)C4)c3O. The van der Waals surface area contributed by atoms with Crippen LogP contribution in [0.25, 0.3) is 64.9 Å². The Bertz CT molecular complexity index is 3640. The zero-order valence-electron chi connectivity index (χ0n) is 43.4. The molecule has 6 aromatic carbocycles. The van der Waals surface area contributed by atoms with Gasteiger partial charge < -0.3 is 10.2 Å². The molecule has 9 aromatic rings. The van der Waals surface area contributed by atoms with E-state index in [9.17, 15) is 10.2 Å². The predicted molar refractivity (Wildman–Crippen MR) is 303 cm³/mol. The van der Waals surface area contributed by atoms with E-state index in [1.165, 1.54) is 49.2 Å². The van der Waals surface area contributed by atoms with Crippen molar-refractivity contribution in [3.63, 3.8) is 0 Å². The van der Waals surface area contributed by atoms with Crippen LogP contribution in [0, 0.1) is 13.8 Å². The monoisotopic (exact) mass is 949 g/mol. The number of phenolic OH excluding ortho intramolecular Hbond substituents is 2. The summed E-state index contributed by atoms with van der Waals surface area (Å²) in [6, 6.07) is 43.1. The second kappa shape index (κ2) is 21.9. The summed E-state index contributed by atoms with van der Waals surface area (Å²) in [6.07, 6.45) is 14.2. The van der Waals surface area contributed by atoms with E-state index in [2.05, 4.69) is 133 Å². The quantitative estimate of drug-likeness (QED) is 0.173. The number of rotatable bonds is 6. The van der Waals surface area contributed by atoms with Crippen LogP contribution in [0.3, 0.4) is 0 Å². The Labute approximate surface area is 425 Å². The number of aryl methyl sites for hydroxylation is 6. The molecule has 0 saturated carbocycles. The first-order valence-electron chi connectivity index (χ1n) is 26.2. The summed E-state index contributed by atoms with van der Waals surface area (Å²) in [6.45, 7) is 17.4. The summed E-state index contributed by atoms with van der Waals surface area (Å²) in [4.78, 5) is 20.5. The number of aromatic nitrogens is 4. The molecule has 0 saturated heterocycles. The van der Waals surface area contributed by atoms with E-state index < -0.39 is 0 Å². The van der Waals surface area contributed by atoms with Crippen molar-refractivity contribution in [1.82, 2.24) is 19.9 Å². The summed E-state index contributed by atoms with van der Waals surface area (Å²) >= 11 is 0. The van der Waals surface area contributed by atoms with Crippen LogP contribution in [-0.4, -0.2) is 30.1 Å². The lowest BCUT2D eigenvalue weighted by molar-refractivity contribution is 0.486. The number of hydrogen-bond acceptors (Lipinski definition) is 6. The van der Waals surface area contributed by atoms with E-state index >= 15 is 0 Å². The van der Waals surface area contributed by atoms with E-state index in [1.54, 1.807) is 6.20 Å². The van der Waals surface area contributed by atoms with Crippen LogP contribution < -0.4 is 0 Å². The summed E-state index contributed by atoms with van der Waals surface area (Å²) in [5.41, 5.74) is 13.3. The van der Waals surface area contributed by atoms with Gasteiger partial charge in [0.15, 0.2) is 0 Å². The Morgan fingerprint density at radius 1 is 0.403 bits per heavy atom. The fraction of sp³-hybridized carbons (Fsp3) is 0.273. The molecule has 0 spiro atoms. The Balaban J connectivity index is 1.36. The maximum atomic E-state index is 11.9. The summed E-state index contributed by atoms with van der Waals surface area (Å²) in [5, 5.41) is 33.4.